The summed E-state index contributed by atoms with van der Waals surface area (Å²) in [7, 11) is -3.58. The van der Waals surface area contributed by atoms with E-state index < -0.39 is 27.4 Å². The van der Waals surface area contributed by atoms with E-state index in [9.17, 15) is 13.5 Å². The number of nitrogens with two attached hydrogens (primary N) is 1. The van der Waals surface area contributed by atoms with Crippen LogP contribution in [0, 0.1) is 0 Å². The highest BCUT2D eigenvalue weighted by Crippen LogP contribution is 2.40. The number of aliphatic hydroxyl groups is 1. The van der Waals surface area contributed by atoms with Crippen LogP contribution in [0.3, 0.4) is 0 Å². The molecular weight excluding hydrogens is 494 g/mol. The van der Waals surface area contributed by atoms with Gasteiger partial charge in [0, 0.05) is 17.8 Å². The van der Waals surface area contributed by atoms with Crippen molar-refractivity contribution < 1.29 is 13.5 Å². The fourth-order valence-corrected chi connectivity index (χ4v) is 6.62. The first-order valence-corrected chi connectivity index (χ1v) is 13.5. The first-order chi connectivity index (χ1) is 16.2. The molecule has 34 heavy (non-hydrogen) atoms. The number of fused-ring (bicyclic) bond motifs is 1. The molecule has 4 aromatic rings. The number of nitrogens with one attached hydrogen (secondary N) is 1. The second-order valence-electron chi connectivity index (χ2n) is 8.28. The van der Waals surface area contributed by atoms with Crippen molar-refractivity contribution in [2.75, 3.05) is 5.73 Å². The van der Waals surface area contributed by atoms with Gasteiger partial charge in [0.05, 0.1) is 38.5 Å². The number of thiophene rings is 1. The van der Waals surface area contributed by atoms with Crippen LogP contribution in [0.2, 0.25) is 5.02 Å². The molecule has 176 valence electrons. The van der Waals surface area contributed by atoms with Crippen LogP contribution in [-0.4, -0.2) is 33.7 Å². The third kappa shape index (κ3) is 4.39. The van der Waals surface area contributed by atoms with Gasteiger partial charge in [-0.3, -0.25) is 9.97 Å². The monoisotopic (exact) mass is 515 g/mol. The zero-order chi connectivity index (χ0) is 24.0. The number of hydrogen-bond acceptors (Lipinski definition) is 8. The molecule has 1 fully saturated rings. The van der Waals surface area contributed by atoms with Gasteiger partial charge in [-0.2, -0.15) is 0 Å². The average Bonchev–Trinajstić information content (AvgIpc) is 3.60. The zero-order valence-corrected chi connectivity index (χ0v) is 20.5. The van der Waals surface area contributed by atoms with E-state index in [0.29, 0.717) is 40.5 Å². The van der Waals surface area contributed by atoms with Crippen molar-refractivity contribution in [3.63, 3.8) is 0 Å². The first-order valence-electron chi connectivity index (χ1n) is 10.7. The van der Waals surface area contributed by atoms with Crippen molar-refractivity contribution in [1.29, 1.82) is 0 Å². The van der Waals surface area contributed by atoms with Gasteiger partial charge in [-0.05, 0) is 66.6 Å². The van der Waals surface area contributed by atoms with Gasteiger partial charge in [-0.25, -0.2) is 18.1 Å². The fourth-order valence-electron chi connectivity index (χ4n) is 3.80. The molecule has 4 N–H and O–H groups in total. The SMILES string of the molecule is C[C@H](O)c1ccnc(-c2nccc3c([C@H](NS(=O)(=O)C4CC4)c4nc(N)ccc4Cl)csc23)c1. The third-order valence-corrected chi connectivity index (χ3v) is 9.01. The molecule has 8 nitrogen and oxygen atoms in total. The molecule has 0 saturated heterocycles. The lowest BCUT2D eigenvalue weighted by molar-refractivity contribution is 0.199. The molecule has 0 spiro atoms. The Hall–Kier alpha value is -2.63. The van der Waals surface area contributed by atoms with Crippen molar-refractivity contribution >= 4 is 48.9 Å². The van der Waals surface area contributed by atoms with Gasteiger partial charge in [-0.15, -0.1) is 11.3 Å². The van der Waals surface area contributed by atoms with Gasteiger partial charge in [0.15, 0.2) is 0 Å². The molecule has 2 atom stereocenters. The quantitative estimate of drug-likeness (QED) is 0.336. The highest BCUT2D eigenvalue weighted by atomic mass is 35.5. The summed E-state index contributed by atoms with van der Waals surface area (Å²) in [5, 5.41) is 12.6. The summed E-state index contributed by atoms with van der Waals surface area (Å²) in [6.45, 7) is 1.69. The summed E-state index contributed by atoms with van der Waals surface area (Å²) in [6.07, 6.45) is 3.91. The van der Waals surface area contributed by atoms with Crippen LogP contribution in [0.15, 0.2) is 48.1 Å². The first kappa shape index (κ1) is 23.1. The number of sulfonamides is 1. The van der Waals surface area contributed by atoms with Crippen LogP contribution in [0.25, 0.3) is 21.5 Å². The summed E-state index contributed by atoms with van der Waals surface area (Å²) < 4.78 is 29.5. The van der Waals surface area contributed by atoms with Crippen LogP contribution < -0.4 is 10.5 Å². The van der Waals surface area contributed by atoms with Crippen LogP contribution in [0.1, 0.15) is 48.7 Å². The topological polar surface area (TPSA) is 131 Å². The molecule has 0 aliphatic heterocycles. The Bertz CT molecular complexity index is 1490. The normalized spacial score (nSPS) is 16.0. The molecule has 0 aromatic carbocycles. The van der Waals surface area contributed by atoms with E-state index in [0.717, 1.165) is 15.6 Å². The van der Waals surface area contributed by atoms with E-state index in [4.69, 9.17) is 17.3 Å². The maximum atomic E-state index is 12.9. The van der Waals surface area contributed by atoms with Crippen LogP contribution in [0.4, 0.5) is 5.82 Å². The second kappa shape index (κ2) is 8.86. The Labute approximate surface area is 205 Å². The molecule has 1 saturated carbocycles. The van der Waals surface area contributed by atoms with E-state index in [-0.39, 0.29) is 5.82 Å². The lowest BCUT2D eigenvalue weighted by atomic mass is 10.0. The molecule has 1 aliphatic rings. The van der Waals surface area contributed by atoms with Gasteiger partial charge in [0.2, 0.25) is 10.0 Å². The largest absolute Gasteiger partial charge is 0.389 e. The molecule has 4 heterocycles. The number of rotatable bonds is 7. The number of halogens is 1. The number of aromatic nitrogens is 3. The molecule has 0 unspecified atom stereocenters. The number of anilines is 1. The standard InChI is InChI=1S/C23H22ClN5O3S2/c1-12(30)13-6-8-26-18(10-13)22-23-15(7-9-27-22)16(11-33-23)20(29-34(31,32)14-2-3-14)21-17(24)4-5-19(25)28-21/h4-12,14,20,29-30H,2-3H2,1H3,(H2,25,28)/t12-,20-/m0/s1. The molecule has 0 radical (unpaired) electrons. The summed E-state index contributed by atoms with van der Waals surface area (Å²) in [5.74, 6) is 0.246. The summed E-state index contributed by atoms with van der Waals surface area (Å²) >= 11 is 7.89. The summed E-state index contributed by atoms with van der Waals surface area (Å²) in [4.78, 5) is 13.4. The number of hydrogen-bond donors (Lipinski definition) is 3. The molecule has 1 aliphatic carbocycles. The lowest BCUT2D eigenvalue weighted by Gasteiger charge is -2.20. The number of pyridine rings is 3. The van der Waals surface area contributed by atoms with E-state index >= 15 is 0 Å². The van der Waals surface area contributed by atoms with Crippen molar-refractivity contribution in [2.45, 2.75) is 37.2 Å². The van der Waals surface area contributed by atoms with Gasteiger partial charge in [0.25, 0.3) is 0 Å². The highest BCUT2D eigenvalue weighted by Gasteiger charge is 2.38. The second-order valence-corrected chi connectivity index (χ2v) is 11.6. The molecule has 11 heteroatoms. The summed E-state index contributed by atoms with van der Waals surface area (Å²) in [6, 6.07) is 7.77. The van der Waals surface area contributed by atoms with Crippen molar-refractivity contribution in [1.82, 2.24) is 19.7 Å². The lowest BCUT2D eigenvalue weighted by Crippen LogP contribution is -2.32. The minimum absolute atomic E-state index is 0.246. The van der Waals surface area contributed by atoms with Gasteiger partial charge in [0.1, 0.15) is 11.5 Å². The smallest absolute Gasteiger partial charge is 0.215 e. The predicted octanol–water partition coefficient (Wildman–Crippen LogP) is 4.21. The number of aliphatic hydroxyl groups excluding tert-OH is 1. The molecule has 0 amide bonds. The van der Waals surface area contributed by atoms with Crippen molar-refractivity contribution in [3.05, 3.63) is 69.9 Å². The van der Waals surface area contributed by atoms with Crippen molar-refractivity contribution in [2.24, 2.45) is 0 Å². The predicted molar refractivity (Wildman–Crippen MR) is 134 cm³/mol. The highest BCUT2D eigenvalue weighted by molar-refractivity contribution is 7.90. The zero-order valence-electron chi connectivity index (χ0n) is 18.1. The Morgan fingerprint density at radius 2 is 1.97 bits per heavy atom. The molecule has 5 rings (SSSR count). The summed E-state index contributed by atoms with van der Waals surface area (Å²) in [5.41, 5.74) is 8.97. The Morgan fingerprint density at radius 3 is 2.71 bits per heavy atom. The van der Waals surface area contributed by atoms with Crippen LogP contribution >= 0.6 is 22.9 Å². The Balaban J connectivity index is 1.67. The molecule has 4 aromatic heterocycles. The Kier molecular flexibility index (Phi) is 6.03. The minimum atomic E-state index is -3.58. The maximum Gasteiger partial charge on any atom is 0.215 e. The number of nitrogens with zero attached hydrogens (tertiary/aromatic N) is 3. The van der Waals surface area contributed by atoms with Gasteiger partial charge < -0.3 is 10.8 Å². The van der Waals surface area contributed by atoms with Crippen molar-refractivity contribution in [3.8, 4) is 11.4 Å². The maximum absolute atomic E-state index is 12.9. The molecular formula is C23H22ClN5O3S2. The van der Waals surface area contributed by atoms with E-state index in [1.54, 1.807) is 43.6 Å². The van der Waals surface area contributed by atoms with E-state index in [2.05, 4.69) is 19.7 Å². The van der Waals surface area contributed by atoms with E-state index in [1.165, 1.54) is 11.3 Å². The van der Waals surface area contributed by atoms with Crippen LogP contribution in [-0.2, 0) is 10.0 Å². The van der Waals surface area contributed by atoms with Gasteiger partial charge >= 0.3 is 0 Å². The Morgan fingerprint density at radius 1 is 1.21 bits per heavy atom. The minimum Gasteiger partial charge on any atom is -0.389 e. The third-order valence-electron chi connectivity index (χ3n) is 5.75. The van der Waals surface area contributed by atoms with E-state index in [1.807, 2.05) is 11.4 Å². The van der Waals surface area contributed by atoms with Gasteiger partial charge in [-0.1, -0.05) is 11.6 Å². The average molecular weight is 516 g/mol. The number of nitrogen functional groups attached to an aromatic ring is 1. The fraction of sp³-hybridized carbons (Fsp3) is 0.261. The van der Waals surface area contributed by atoms with Crippen LogP contribution in [0.5, 0.6) is 0 Å². The molecule has 0 bridgehead atoms.